The smallest absolute Gasteiger partial charge is 0.0991 e. The van der Waals surface area contributed by atoms with Gasteiger partial charge < -0.3 is 5.11 Å². The number of halogens is 2. The highest BCUT2D eigenvalue weighted by molar-refractivity contribution is 9.10. The second-order valence-corrected chi connectivity index (χ2v) is 6.20. The number of aliphatic hydroxyl groups is 1. The summed E-state index contributed by atoms with van der Waals surface area (Å²) in [5, 5.41) is 20.2. The van der Waals surface area contributed by atoms with Crippen LogP contribution in [0.5, 0.6) is 0 Å². The van der Waals surface area contributed by atoms with Gasteiger partial charge in [-0.15, -0.1) is 0 Å². The van der Waals surface area contributed by atoms with Gasteiger partial charge in [-0.25, -0.2) is 0 Å². The van der Waals surface area contributed by atoms with Crippen LogP contribution in [-0.4, -0.2) is 5.11 Å². The first-order chi connectivity index (χ1) is 9.42. The van der Waals surface area contributed by atoms with Gasteiger partial charge in [0.2, 0.25) is 0 Å². The molecular weight excluding hydrogens is 338 g/mol. The van der Waals surface area contributed by atoms with Crippen LogP contribution in [0.25, 0.3) is 0 Å². The van der Waals surface area contributed by atoms with Crippen molar-refractivity contribution in [3.05, 3.63) is 68.7 Å². The molecule has 2 aromatic carbocycles. The minimum Gasteiger partial charge on any atom is -0.385 e. The normalized spacial score (nSPS) is 13.6. The Hall–Kier alpha value is -1.34. The molecule has 20 heavy (non-hydrogen) atoms. The van der Waals surface area contributed by atoms with Crippen molar-refractivity contribution < 1.29 is 5.11 Å². The molecule has 2 aromatic rings. The lowest BCUT2D eigenvalue weighted by Gasteiger charge is -2.24. The maximum Gasteiger partial charge on any atom is 0.0991 e. The largest absolute Gasteiger partial charge is 0.385 e. The van der Waals surface area contributed by atoms with Crippen LogP contribution in [-0.2, 0) is 12.0 Å². The average Bonchev–Trinajstić information content (AvgIpc) is 2.42. The van der Waals surface area contributed by atoms with Crippen molar-refractivity contribution >= 4 is 27.5 Å². The number of hydrogen-bond acceptors (Lipinski definition) is 2. The summed E-state index contributed by atoms with van der Waals surface area (Å²) in [5.41, 5.74) is 1.02. The fourth-order valence-corrected chi connectivity index (χ4v) is 2.80. The Morgan fingerprint density at radius 3 is 2.70 bits per heavy atom. The number of nitriles is 1. The molecule has 4 heteroatoms. The van der Waals surface area contributed by atoms with E-state index in [0.717, 1.165) is 10.0 Å². The van der Waals surface area contributed by atoms with Crippen molar-refractivity contribution in [3.8, 4) is 6.07 Å². The Morgan fingerprint density at radius 2 is 2.05 bits per heavy atom. The van der Waals surface area contributed by atoms with E-state index in [4.69, 9.17) is 16.9 Å². The quantitative estimate of drug-likeness (QED) is 0.890. The van der Waals surface area contributed by atoms with Gasteiger partial charge in [0.15, 0.2) is 0 Å². The van der Waals surface area contributed by atoms with Crippen molar-refractivity contribution in [1.82, 2.24) is 0 Å². The first kappa shape index (κ1) is 15.1. The minimum absolute atomic E-state index is 0.383. The number of hydrogen-bond donors (Lipinski definition) is 1. The fraction of sp³-hybridized carbons (Fsp3) is 0.188. The van der Waals surface area contributed by atoms with Crippen molar-refractivity contribution in [2.24, 2.45) is 0 Å². The summed E-state index contributed by atoms with van der Waals surface area (Å²) in [6.07, 6.45) is 0.383. The molecule has 0 amide bonds. The molecule has 0 radical (unpaired) electrons. The molecule has 0 aliphatic carbocycles. The fourth-order valence-electron chi connectivity index (χ4n) is 2.06. The maximum absolute atomic E-state index is 10.7. The van der Waals surface area contributed by atoms with Crippen molar-refractivity contribution in [2.75, 3.05) is 0 Å². The minimum atomic E-state index is -1.08. The predicted molar refractivity (Wildman–Crippen MR) is 83.6 cm³/mol. The van der Waals surface area contributed by atoms with Gasteiger partial charge in [0.25, 0.3) is 0 Å². The van der Waals surface area contributed by atoms with E-state index in [9.17, 15) is 5.11 Å². The molecule has 0 aliphatic heterocycles. The summed E-state index contributed by atoms with van der Waals surface area (Å²) in [6.45, 7) is 1.72. The number of benzene rings is 2. The van der Waals surface area contributed by atoms with E-state index < -0.39 is 5.60 Å². The van der Waals surface area contributed by atoms with E-state index in [2.05, 4.69) is 22.0 Å². The Bertz CT molecular complexity index is 676. The van der Waals surface area contributed by atoms with Crippen LogP contribution < -0.4 is 0 Å². The maximum atomic E-state index is 10.7. The van der Waals surface area contributed by atoms with Gasteiger partial charge in [-0.05, 0) is 42.3 Å². The Balaban J connectivity index is 2.32. The Kier molecular flexibility index (Phi) is 4.49. The van der Waals surface area contributed by atoms with Gasteiger partial charge in [-0.2, -0.15) is 5.26 Å². The monoisotopic (exact) mass is 349 g/mol. The molecule has 2 rings (SSSR count). The molecule has 0 spiro atoms. The van der Waals surface area contributed by atoms with E-state index >= 15 is 0 Å². The van der Waals surface area contributed by atoms with Gasteiger partial charge in [-0.1, -0.05) is 45.7 Å². The summed E-state index contributed by atoms with van der Waals surface area (Å²) in [6, 6.07) is 14.7. The highest BCUT2D eigenvalue weighted by Crippen LogP contribution is 2.30. The van der Waals surface area contributed by atoms with E-state index in [1.807, 2.05) is 18.2 Å². The van der Waals surface area contributed by atoms with E-state index in [0.29, 0.717) is 22.6 Å². The van der Waals surface area contributed by atoms with E-state index in [-0.39, 0.29) is 0 Å². The molecule has 0 fully saturated rings. The molecule has 102 valence electrons. The van der Waals surface area contributed by atoms with Crippen LogP contribution >= 0.6 is 27.5 Å². The van der Waals surface area contributed by atoms with Gasteiger partial charge in [-0.3, -0.25) is 0 Å². The van der Waals surface area contributed by atoms with Crippen LogP contribution in [0.15, 0.2) is 46.9 Å². The van der Waals surface area contributed by atoms with Gasteiger partial charge in [0.1, 0.15) is 0 Å². The van der Waals surface area contributed by atoms with E-state index in [1.165, 1.54) is 0 Å². The van der Waals surface area contributed by atoms with Crippen molar-refractivity contribution in [1.29, 1.82) is 5.26 Å². The lowest BCUT2D eigenvalue weighted by molar-refractivity contribution is 0.0576. The lowest BCUT2D eigenvalue weighted by atomic mass is 9.88. The lowest BCUT2D eigenvalue weighted by Crippen LogP contribution is -2.24. The summed E-state index contributed by atoms with van der Waals surface area (Å²) in [7, 11) is 0. The second-order valence-electron chi connectivity index (χ2n) is 4.88. The van der Waals surface area contributed by atoms with Crippen LogP contribution in [0.2, 0.25) is 5.02 Å². The molecule has 0 saturated carbocycles. The molecule has 2 nitrogen and oxygen atoms in total. The molecule has 1 atom stereocenters. The summed E-state index contributed by atoms with van der Waals surface area (Å²) in [5.74, 6) is 0. The first-order valence-corrected chi connectivity index (χ1v) is 7.26. The zero-order valence-corrected chi connectivity index (χ0v) is 13.2. The zero-order valence-electron chi connectivity index (χ0n) is 10.9. The van der Waals surface area contributed by atoms with Gasteiger partial charge in [0.05, 0.1) is 17.2 Å². The SMILES string of the molecule is CC(O)(Cc1ccc(Br)cc1Cl)c1cccc(C#N)c1. The molecule has 1 unspecified atom stereocenters. The Labute approximate surface area is 131 Å². The molecule has 0 aliphatic rings. The Morgan fingerprint density at radius 1 is 1.30 bits per heavy atom. The van der Waals surface area contributed by atoms with Crippen LogP contribution in [0.4, 0.5) is 0 Å². The third kappa shape index (κ3) is 3.40. The molecule has 0 aromatic heterocycles. The molecule has 0 heterocycles. The average molecular weight is 351 g/mol. The topological polar surface area (TPSA) is 44.0 Å². The highest BCUT2D eigenvalue weighted by atomic mass is 79.9. The third-order valence-corrected chi connectivity index (χ3v) is 4.01. The highest BCUT2D eigenvalue weighted by Gasteiger charge is 2.25. The molecular formula is C16H13BrClNO. The summed E-state index contributed by atoms with van der Waals surface area (Å²) < 4.78 is 0.900. The van der Waals surface area contributed by atoms with Crippen molar-refractivity contribution in [2.45, 2.75) is 18.9 Å². The number of nitrogens with zero attached hydrogens (tertiary/aromatic N) is 1. The standard InChI is InChI=1S/C16H13BrClNO/c1-16(20,13-4-2-3-11(7-13)10-19)9-12-5-6-14(17)8-15(12)18/h2-8,20H,9H2,1H3. The number of rotatable bonds is 3. The third-order valence-electron chi connectivity index (χ3n) is 3.16. The summed E-state index contributed by atoms with van der Waals surface area (Å²) >= 11 is 9.54. The van der Waals surface area contributed by atoms with E-state index in [1.54, 1.807) is 31.2 Å². The van der Waals surface area contributed by atoms with Gasteiger partial charge >= 0.3 is 0 Å². The van der Waals surface area contributed by atoms with Gasteiger partial charge in [0, 0.05) is 15.9 Å². The van der Waals surface area contributed by atoms with Crippen LogP contribution in [0.1, 0.15) is 23.6 Å². The molecule has 0 bridgehead atoms. The molecule has 1 N–H and O–H groups in total. The predicted octanol–water partition coefficient (Wildman–Crippen LogP) is 4.42. The van der Waals surface area contributed by atoms with Crippen LogP contribution in [0.3, 0.4) is 0 Å². The van der Waals surface area contributed by atoms with Crippen LogP contribution in [0, 0.1) is 11.3 Å². The first-order valence-electron chi connectivity index (χ1n) is 6.09. The zero-order chi connectivity index (χ0) is 14.8. The second kappa shape index (κ2) is 5.97. The summed E-state index contributed by atoms with van der Waals surface area (Å²) in [4.78, 5) is 0. The van der Waals surface area contributed by atoms with Crippen molar-refractivity contribution in [3.63, 3.8) is 0 Å². The molecule has 0 saturated heterocycles.